The van der Waals surface area contributed by atoms with E-state index in [1.54, 1.807) is 7.11 Å². The van der Waals surface area contributed by atoms with Gasteiger partial charge in [0, 0.05) is 26.1 Å². The minimum atomic E-state index is -2.52. The molecule has 0 bridgehead atoms. The Morgan fingerprint density at radius 3 is 3.07 bits per heavy atom. The molecule has 0 atom stereocenters. The van der Waals surface area contributed by atoms with Crippen molar-refractivity contribution in [3.63, 3.8) is 0 Å². The quantitative estimate of drug-likeness (QED) is 0.705. The van der Waals surface area contributed by atoms with Crippen LogP contribution in [0.4, 0.5) is 8.78 Å². The average Bonchev–Trinajstić information content (AvgIpc) is 2.66. The van der Waals surface area contributed by atoms with Gasteiger partial charge >= 0.3 is 6.55 Å². The number of rotatable bonds is 7. The molecule has 0 aliphatic rings. The Balaban J connectivity index is 2.28. The Labute approximate surface area is 87.3 Å². The summed E-state index contributed by atoms with van der Waals surface area (Å²) >= 11 is 0. The molecule has 0 unspecified atom stereocenters. The van der Waals surface area contributed by atoms with E-state index in [4.69, 9.17) is 4.74 Å². The van der Waals surface area contributed by atoms with Crippen LogP contribution in [-0.4, -0.2) is 29.8 Å². The smallest absolute Gasteiger partial charge is 0.319 e. The highest BCUT2D eigenvalue weighted by atomic mass is 19.3. The molecule has 0 saturated carbocycles. The maximum atomic E-state index is 12.4. The highest BCUT2D eigenvalue weighted by Gasteiger charge is 2.09. The van der Waals surface area contributed by atoms with E-state index in [9.17, 15) is 8.78 Å². The second-order valence-corrected chi connectivity index (χ2v) is 3.05. The third kappa shape index (κ3) is 3.93. The van der Waals surface area contributed by atoms with E-state index in [0.717, 1.165) is 17.5 Å². The summed E-state index contributed by atoms with van der Waals surface area (Å²) in [5, 5.41) is 3.02. The zero-order chi connectivity index (χ0) is 11.1. The van der Waals surface area contributed by atoms with E-state index in [0.29, 0.717) is 19.0 Å². The summed E-state index contributed by atoms with van der Waals surface area (Å²) in [5.74, 6) is 0.349. The summed E-state index contributed by atoms with van der Waals surface area (Å²) < 4.78 is 30.4. The predicted octanol–water partition coefficient (Wildman–Crippen LogP) is 1.40. The van der Waals surface area contributed by atoms with Crippen molar-refractivity contribution in [1.29, 1.82) is 0 Å². The van der Waals surface area contributed by atoms with Crippen LogP contribution in [0, 0.1) is 0 Å². The Morgan fingerprint density at radius 2 is 2.40 bits per heavy atom. The van der Waals surface area contributed by atoms with Gasteiger partial charge in [0.1, 0.15) is 5.82 Å². The van der Waals surface area contributed by atoms with Gasteiger partial charge in [0.15, 0.2) is 0 Å². The van der Waals surface area contributed by atoms with Crippen LogP contribution in [0.15, 0.2) is 12.4 Å². The van der Waals surface area contributed by atoms with Crippen molar-refractivity contribution in [1.82, 2.24) is 14.9 Å². The number of ether oxygens (including phenoxy) is 1. The largest absolute Gasteiger partial charge is 0.385 e. The number of alkyl halides is 2. The van der Waals surface area contributed by atoms with Crippen LogP contribution in [0.25, 0.3) is 0 Å². The molecule has 0 aliphatic heterocycles. The van der Waals surface area contributed by atoms with Gasteiger partial charge in [-0.2, -0.15) is 8.78 Å². The lowest BCUT2D eigenvalue weighted by Gasteiger charge is -2.07. The fourth-order valence-corrected chi connectivity index (χ4v) is 1.20. The van der Waals surface area contributed by atoms with Crippen LogP contribution in [0.1, 0.15) is 18.8 Å². The number of methoxy groups -OCH3 is 1. The molecule has 0 saturated heterocycles. The molecule has 0 radical (unpaired) electrons. The Morgan fingerprint density at radius 1 is 1.60 bits per heavy atom. The predicted molar refractivity (Wildman–Crippen MR) is 51.7 cm³/mol. The first-order valence-electron chi connectivity index (χ1n) is 4.75. The van der Waals surface area contributed by atoms with E-state index in [-0.39, 0.29) is 0 Å². The molecular weight excluding hydrogens is 204 g/mol. The van der Waals surface area contributed by atoms with E-state index >= 15 is 0 Å². The third-order valence-electron chi connectivity index (χ3n) is 1.94. The molecule has 6 heteroatoms. The van der Waals surface area contributed by atoms with Crippen LogP contribution in [0.2, 0.25) is 0 Å². The van der Waals surface area contributed by atoms with E-state index in [2.05, 4.69) is 10.3 Å². The van der Waals surface area contributed by atoms with Crippen LogP contribution >= 0.6 is 0 Å². The van der Waals surface area contributed by atoms with Gasteiger partial charge < -0.3 is 10.1 Å². The lowest BCUT2D eigenvalue weighted by molar-refractivity contribution is 0.0666. The molecule has 15 heavy (non-hydrogen) atoms. The minimum absolute atomic E-state index is 0.348. The van der Waals surface area contributed by atoms with Crippen molar-refractivity contribution >= 4 is 0 Å². The maximum Gasteiger partial charge on any atom is 0.319 e. The topological polar surface area (TPSA) is 39.1 Å². The van der Waals surface area contributed by atoms with Crippen molar-refractivity contribution in [3.05, 3.63) is 18.2 Å². The van der Waals surface area contributed by atoms with Gasteiger partial charge in [0.2, 0.25) is 0 Å². The van der Waals surface area contributed by atoms with Crippen LogP contribution in [0.3, 0.4) is 0 Å². The van der Waals surface area contributed by atoms with Gasteiger partial charge in [-0.25, -0.2) is 4.98 Å². The molecule has 0 fully saturated rings. The molecule has 0 aliphatic carbocycles. The Hall–Kier alpha value is -1.01. The van der Waals surface area contributed by atoms with E-state index < -0.39 is 6.55 Å². The van der Waals surface area contributed by atoms with Crippen molar-refractivity contribution in [2.75, 3.05) is 20.3 Å². The van der Waals surface area contributed by atoms with Crippen molar-refractivity contribution in [2.45, 2.75) is 19.5 Å². The lowest BCUT2D eigenvalue weighted by atomic mass is 10.4. The first kappa shape index (κ1) is 12.1. The molecule has 0 spiro atoms. The van der Waals surface area contributed by atoms with Gasteiger partial charge in [-0.15, -0.1) is 0 Å². The number of nitrogens with zero attached hydrogens (tertiary/aromatic N) is 2. The zero-order valence-corrected chi connectivity index (χ0v) is 8.62. The highest BCUT2D eigenvalue weighted by molar-refractivity contribution is 4.92. The summed E-state index contributed by atoms with van der Waals surface area (Å²) in [5.41, 5.74) is 0. The Kier molecular flexibility index (Phi) is 5.20. The number of nitrogens with one attached hydrogen (secondary N) is 1. The van der Waals surface area contributed by atoms with Gasteiger partial charge in [0.25, 0.3) is 0 Å². The number of imidazole rings is 1. The fraction of sp³-hybridized carbons (Fsp3) is 0.667. The molecule has 0 amide bonds. The first-order valence-corrected chi connectivity index (χ1v) is 4.75. The number of aromatic nitrogens is 2. The normalized spacial score (nSPS) is 11.2. The summed E-state index contributed by atoms with van der Waals surface area (Å²) in [4.78, 5) is 3.84. The molecule has 1 rings (SSSR count). The first-order chi connectivity index (χ1) is 7.25. The lowest BCUT2D eigenvalue weighted by Crippen LogP contribution is -2.19. The molecule has 86 valence electrons. The summed E-state index contributed by atoms with van der Waals surface area (Å²) in [7, 11) is 1.63. The zero-order valence-electron chi connectivity index (χ0n) is 8.62. The molecule has 4 nitrogen and oxygen atoms in total. The Bertz CT molecular complexity index is 278. The van der Waals surface area contributed by atoms with Crippen LogP contribution in [0.5, 0.6) is 0 Å². The average molecular weight is 219 g/mol. The second kappa shape index (κ2) is 6.47. The standard InChI is InChI=1S/C9H15F2N3O/c1-15-6-2-3-12-7-8-13-4-5-14(8)9(10)11/h4-5,9,12H,2-3,6-7H2,1H3. The summed E-state index contributed by atoms with van der Waals surface area (Å²) in [6.45, 7) is -0.787. The van der Waals surface area contributed by atoms with Crippen molar-refractivity contribution < 1.29 is 13.5 Å². The fourth-order valence-electron chi connectivity index (χ4n) is 1.20. The van der Waals surface area contributed by atoms with Gasteiger partial charge in [-0.1, -0.05) is 0 Å². The second-order valence-electron chi connectivity index (χ2n) is 3.05. The minimum Gasteiger partial charge on any atom is -0.385 e. The third-order valence-corrected chi connectivity index (χ3v) is 1.94. The number of halogens is 2. The van der Waals surface area contributed by atoms with Crippen molar-refractivity contribution in [2.24, 2.45) is 0 Å². The molecule has 1 N–H and O–H groups in total. The monoisotopic (exact) mass is 219 g/mol. The van der Waals surface area contributed by atoms with E-state index in [1.807, 2.05) is 0 Å². The molecule has 1 aromatic heterocycles. The van der Waals surface area contributed by atoms with Crippen molar-refractivity contribution in [3.8, 4) is 0 Å². The molecular formula is C9H15F2N3O. The molecule has 1 heterocycles. The van der Waals surface area contributed by atoms with Gasteiger partial charge in [-0.05, 0) is 13.0 Å². The summed E-state index contributed by atoms with van der Waals surface area (Å²) in [6.07, 6.45) is 3.50. The highest BCUT2D eigenvalue weighted by Crippen LogP contribution is 2.11. The summed E-state index contributed by atoms with van der Waals surface area (Å²) in [6, 6.07) is 0. The van der Waals surface area contributed by atoms with Crippen LogP contribution < -0.4 is 5.32 Å². The molecule has 0 aromatic carbocycles. The van der Waals surface area contributed by atoms with Gasteiger partial charge in [-0.3, -0.25) is 4.57 Å². The molecule has 1 aromatic rings. The maximum absolute atomic E-state index is 12.4. The van der Waals surface area contributed by atoms with Crippen LogP contribution in [-0.2, 0) is 11.3 Å². The SMILES string of the molecule is COCCCNCc1nccn1C(F)F. The van der Waals surface area contributed by atoms with E-state index in [1.165, 1.54) is 12.4 Å². The number of hydrogen-bond acceptors (Lipinski definition) is 3. The van der Waals surface area contributed by atoms with Gasteiger partial charge in [0.05, 0.1) is 6.54 Å². The number of hydrogen-bond donors (Lipinski definition) is 1.